The smallest absolute Gasteiger partial charge is 0.310 e. The molecule has 1 N–H and O–H groups in total. The summed E-state index contributed by atoms with van der Waals surface area (Å²) in [7, 11) is 3.02. The van der Waals surface area contributed by atoms with E-state index in [-0.39, 0.29) is 6.42 Å². The molecule has 0 spiro atoms. The second kappa shape index (κ2) is 8.79. The van der Waals surface area contributed by atoms with Crippen molar-refractivity contribution in [1.82, 2.24) is 0 Å². The Bertz CT molecular complexity index is 1260. The fourth-order valence-electron chi connectivity index (χ4n) is 3.46. The molecule has 4 aromatic rings. The molecular weight excluding hydrogens is 398 g/mol. The molecule has 0 saturated heterocycles. The van der Waals surface area contributed by atoms with Crippen molar-refractivity contribution >= 4 is 39.3 Å². The molecule has 0 fully saturated rings. The molecule has 0 bridgehead atoms. The van der Waals surface area contributed by atoms with E-state index in [1.54, 1.807) is 24.5 Å². The van der Waals surface area contributed by atoms with Crippen molar-refractivity contribution in [3.63, 3.8) is 0 Å². The Labute approximate surface area is 178 Å². The van der Waals surface area contributed by atoms with Crippen molar-refractivity contribution in [3.8, 4) is 11.5 Å². The van der Waals surface area contributed by atoms with Crippen LogP contribution in [0.25, 0.3) is 21.7 Å². The minimum Gasteiger partial charge on any atom is -0.497 e. The second-order valence-electron chi connectivity index (χ2n) is 6.87. The van der Waals surface area contributed by atoms with Crippen LogP contribution in [0, 0.1) is 0 Å². The second-order valence-corrected chi connectivity index (χ2v) is 6.87. The van der Waals surface area contributed by atoms with Crippen molar-refractivity contribution in [2.75, 3.05) is 26.1 Å². The van der Waals surface area contributed by atoms with Gasteiger partial charge in [0.05, 0.1) is 32.6 Å². The highest BCUT2D eigenvalue weighted by Crippen LogP contribution is 2.30. The first kappa shape index (κ1) is 20.3. The summed E-state index contributed by atoms with van der Waals surface area (Å²) in [5.74, 6) is 0.0233. The van der Waals surface area contributed by atoms with E-state index in [0.717, 1.165) is 16.2 Å². The highest BCUT2D eigenvalue weighted by Gasteiger charge is 2.16. The van der Waals surface area contributed by atoms with Gasteiger partial charge in [0.15, 0.2) is 6.61 Å². The molecule has 1 amide bonds. The zero-order valence-electron chi connectivity index (χ0n) is 17.1. The van der Waals surface area contributed by atoms with Crippen LogP contribution in [0.5, 0.6) is 11.5 Å². The minimum atomic E-state index is -0.525. The lowest BCUT2D eigenvalue weighted by molar-refractivity contribution is -0.146. The number of rotatable bonds is 7. The van der Waals surface area contributed by atoms with Gasteiger partial charge in [-0.1, -0.05) is 30.3 Å². The molecule has 0 aliphatic heterocycles. The summed E-state index contributed by atoms with van der Waals surface area (Å²) < 4.78 is 21.2. The molecule has 0 aliphatic carbocycles. The molecule has 1 aromatic heterocycles. The standard InChI is InChI=1S/C24H21NO6/c1-28-17-8-10-20(29-2)19(12-17)25-22(26)14-31-23(27)11-16-13-30-21-9-7-15-5-3-4-6-18(15)24(16)21/h3-10,12-13H,11,14H2,1-2H3,(H,25,26). The Hall–Kier alpha value is -4.00. The molecule has 3 aromatic carbocycles. The number of methoxy groups -OCH3 is 2. The van der Waals surface area contributed by atoms with E-state index in [2.05, 4.69) is 5.32 Å². The third-order valence-electron chi connectivity index (χ3n) is 4.92. The number of hydrogen-bond acceptors (Lipinski definition) is 6. The fourth-order valence-corrected chi connectivity index (χ4v) is 3.46. The van der Waals surface area contributed by atoms with Gasteiger partial charge >= 0.3 is 5.97 Å². The lowest BCUT2D eigenvalue weighted by Gasteiger charge is -2.12. The molecule has 4 rings (SSSR count). The molecule has 0 unspecified atom stereocenters. The van der Waals surface area contributed by atoms with Gasteiger partial charge in [-0.2, -0.15) is 0 Å². The van der Waals surface area contributed by atoms with Crippen LogP contribution in [0.15, 0.2) is 65.3 Å². The van der Waals surface area contributed by atoms with Crippen molar-refractivity contribution in [2.24, 2.45) is 0 Å². The Morgan fingerprint density at radius 3 is 2.65 bits per heavy atom. The molecule has 0 aliphatic rings. The van der Waals surface area contributed by atoms with Crippen LogP contribution in [0.4, 0.5) is 5.69 Å². The minimum absolute atomic E-state index is 0.00321. The van der Waals surface area contributed by atoms with Crippen LogP contribution in [-0.4, -0.2) is 32.7 Å². The quantitative estimate of drug-likeness (QED) is 0.449. The number of esters is 1. The third-order valence-corrected chi connectivity index (χ3v) is 4.92. The molecular formula is C24H21NO6. The highest BCUT2D eigenvalue weighted by molar-refractivity contribution is 6.08. The van der Waals surface area contributed by atoms with Crippen LogP contribution < -0.4 is 14.8 Å². The molecule has 0 atom stereocenters. The number of benzene rings is 3. The topological polar surface area (TPSA) is 87.0 Å². The first-order valence-electron chi connectivity index (χ1n) is 9.64. The van der Waals surface area contributed by atoms with E-state index in [0.29, 0.717) is 28.3 Å². The van der Waals surface area contributed by atoms with Crippen LogP contribution >= 0.6 is 0 Å². The summed E-state index contributed by atoms with van der Waals surface area (Å²) in [6.07, 6.45) is 1.55. The molecule has 31 heavy (non-hydrogen) atoms. The molecule has 1 heterocycles. The van der Waals surface area contributed by atoms with Gasteiger partial charge < -0.3 is 23.9 Å². The number of furan rings is 1. The van der Waals surface area contributed by atoms with Gasteiger partial charge in [0.25, 0.3) is 5.91 Å². The Kier molecular flexibility index (Phi) is 5.75. The average molecular weight is 419 g/mol. The molecule has 0 radical (unpaired) electrons. The predicted molar refractivity (Wildman–Crippen MR) is 117 cm³/mol. The average Bonchev–Trinajstić information content (AvgIpc) is 3.20. The number of nitrogens with one attached hydrogen (secondary N) is 1. The van der Waals surface area contributed by atoms with Crippen molar-refractivity contribution in [1.29, 1.82) is 0 Å². The number of fused-ring (bicyclic) bond motifs is 3. The largest absolute Gasteiger partial charge is 0.497 e. The summed E-state index contributed by atoms with van der Waals surface area (Å²) >= 11 is 0. The van der Waals surface area contributed by atoms with E-state index < -0.39 is 18.5 Å². The van der Waals surface area contributed by atoms with Gasteiger partial charge in [-0.05, 0) is 29.0 Å². The third kappa shape index (κ3) is 4.30. The van der Waals surface area contributed by atoms with Gasteiger partial charge in [0, 0.05) is 17.0 Å². The monoisotopic (exact) mass is 419 g/mol. The summed E-state index contributed by atoms with van der Waals surface area (Å²) in [5, 5.41) is 5.59. The molecule has 7 nitrogen and oxygen atoms in total. The van der Waals surface area contributed by atoms with Gasteiger partial charge in [-0.25, -0.2) is 0 Å². The number of carbonyl (C=O) groups is 2. The Balaban J connectivity index is 1.42. The van der Waals surface area contributed by atoms with Gasteiger partial charge in [-0.3, -0.25) is 9.59 Å². The lowest BCUT2D eigenvalue weighted by Crippen LogP contribution is -2.22. The van der Waals surface area contributed by atoms with Crippen LogP contribution in [0.1, 0.15) is 5.56 Å². The lowest BCUT2D eigenvalue weighted by atomic mass is 10.0. The first-order valence-corrected chi connectivity index (χ1v) is 9.64. The zero-order chi connectivity index (χ0) is 21.8. The highest BCUT2D eigenvalue weighted by atomic mass is 16.5. The normalized spacial score (nSPS) is 10.8. The SMILES string of the molecule is COc1ccc(OC)c(NC(=O)COC(=O)Cc2coc3ccc4ccccc4c23)c1. The fraction of sp³-hybridized carbons (Fsp3) is 0.167. The van der Waals surface area contributed by atoms with Crippen LogP contribution in [0.2, 0.25) is 0 Å². The summed E-state index contributed by atoms with van der Waals surface area (Å²) in [4.78, 5) is 24.7. The predicted octanol–water partition coefficient (Wildman–Crippen LogP) is 4.33. The Morgan fingerprint density at radius 2 is 1.84 bits per heavy atom. The van der Waals surface area contributed by atoms with Crippen LogP contribution in [-0.2, 0) is 20.7 Å². The molecule has 0 saturated carbocycles. The zero-order valence-corrected chi connectivity index (χ0v) is 17.1. The Morgan fingerprint density at radius 1 is 1.00 bits per heavy atom. The van der Waals surface area contributed by atoms with E-state index in [4.69, 9.17) is 18.6 Å². The molecule has 7 heteroatoms. The van der Waals surface area contributed by atoms with Crippen LogP contribution in [0.3, 0.4) is 0 Å². The maximum atomic E-state index is 12.4. The maximum absolute atomic E-state index is 12.4. The van der Waals surface area contributed by atoms with Crippen molar-refractivity contribution in [3.05, 3.63) is 66.4 Å². The van der Waals surface area contributed by atoms with E-state index in [1.807, 2.05) is 36.4 Å². The number of hydrogen-bond donors (Lipinski definition) is 1. The van der Waals surface area contributed by atoms with Crippen molar-refractivity contribution in [2.45, 2.75) is 6.42 Å². The maximum Gasteiger partial charge on any atom is 0.310 e. The van der Waals surface area contributed by atoms with Gasteiger partial charge in [0.2, 0.25) is 0 Å². The number of carbonyl (C=O) groups excluding carboxylic acids is 2. The summed E-state index contributed by atoms with van der Waals surface area (Å²) in [6.45, 7) is -0.421. The van der Waals surface area contributed by atoms with Gasteiger partial charge in [0.1, 0.15) is 17.1 Å². The number of anilines is 1. The van der Waals surface area contributed by atoms with Gasteiger partial charge in [-0.15, -0.1) is 0 Å². The van der Waals surface area contributed by atoms with E-state index in [9.17, 15) is 9.59 Å². The molecule has 158 valence electrons. The number of amides is 1. The number of ether oxygens (including phenoxy) is 3. The van der Waals surface area contributed by atoms with E-state index in [1.165, 1.54) is 14.2 Å². The first-order chi connectivity index (χ1) is 15.1. The van der Waals surface area contributed by atoms with E-state index >= 15 is 0 Å². The van der Waals surface area contributed by atoms with Crippen molar-refractivity contribution < 1.29 is 28.2 Å². The summed E-state index contributed by atoms with van der Waals surface area (Å²) in [5.41, 5.74) is 1.84. The summed E-state index contributed by atoms with van der Waals surface area (Å²) in [6, 6.07) is 16.7.